The highest BCUT2D eigenvalue weighted by Crippen LogP contribution is 2.38. The van der Waals surface area contributed by atoms with E-state index in [1.54, 1.807) is 6.08 Å². The fraction of sp³-hybridized carbons (Fsp3) is 0.464. The van der Waals surface area contributed by atoms with E-state index in [1.165, 1.54) is 30.5 Å². The summed E-state index contributed by atoms with van der Waals surface area (Å²) in [5, 5.41) is 12.2. The van der Waals surface area contributed by atoms with Crippen molar-refractivity contribution < 1.29 is 40.6 Å². The summed E-state index contributed by atoms with van der Waals surface area (Å²) in [4.78, 5) is 23.4. The lowest BCUT2D eigenvalue weighted by atomic mass is 9.78. The van der Waals surface area contributed by atoms with Crippen molar-refractivity contribution in [1.82, 2.24) is 4.90 Å². The second kappa shape index (κ2) is 12.9. The van der Waals surface area contributed by atoms with Gasteiger partial charge in [-0.05, 0) is 72.6 Å². The zero-order valence-electron chi connectivity index (χ0n) is 21.6. The standard InChI is InChI=1S/C19H24FNO2.C9H5F6NO/c1-21(18-10-17(22)11-19(18)23)12-13-3-2-4-15(9-13)14-5-7-16(20)8-6-14;10-8(11,12)6-1-5(4-16-17)2-7(3-6)9(13,14)15/h5-8,10,13,15,19,23H,2-4,9,11-12H2,1H3;1-3H,4H2. The Kier molecular flexibility index (Phi) is 10.1. The number of rotatable bonds is 6. The number of carbonyl (C=O) groups excluding carboxylic acids is 1. The topological polar surface area (TPSA) is 70.0 Å². The Balaban J connectivity index is 0.000000232. The molecule has 0 saturated heterocycles. The van der Waals surface area contributed by atoms with Crippen molar-refractivity contribution in [1.29, 1.82) is 0 Å². The van der Waals surface area contributed by atoms with Gasteiger partial charge >= 0.3 is 12.4 Å². The van der Waals surface area contributed by atoms with Gasteiger partial charge in [0.25, 0.3) is 0 Å². The molecule has 0 bridgehead atoms. The van der Waals surface area contributed by atoms with Crippen molar-refractivity contribution in [2.75, 3.05) is 13.6 Å². The molecule has 40 heavy (non-hydrogen) atoms. The van der Waals surface area contributed by atoms with Gasteiger partial charge in [0.15, 0.2) is 5.78 Å². The first kappa shape index (κ1) is 31.3. The molecule has 0 radical (unpaired) electrons. The van der Waals surface area contributed by atoms with Crippen molar-refractivity contribution in [3.05, 3.63) is 87.2 Å². The van der Waals surface area contributed by atoms with Crippen LogP contribution in [-0.2, 0) is 23.7 Å². The fourth-order valence-corrected chi connectivity index (χ4v) is 5.15. The maximum Gasteiger partial charge on any atom is 0.416 e. The van der Waals surface area contributed by atoms with Crippen LogP contribution in [0.1, 0.15) is 60.3 Å². The number of benzene rings is 2. The van der Waals surface area contributed by atoms with Crippen LogP contribution >= 0.6 is 0 Å². The summed E-state index contributed by atoms with van der Waals surface area (Å²) in [5.74, 6) is 0.833. The van der Waals surface area contributed by atoms with Crippen LogP contribution in [-0.4, -0.2) is 35.5 Å². The van der Waals surface area contributed by atoms with Gasteiger partial charge in [-0.25, -0.2) is 4.39 Å². The quantitative estimate of drug-likeness (QED) is 0.292. The molecule has 3 atom stereocenters. The number of nitroso groups, excluding NO2 is 1. The van der Waals surface area contributed by atoms with Crippen molar-refractivity contribution >= 4 is 5.78 Å². The normalized spacial score (nSPS) is 21.4. The summed E-state index contributed by atoms with van der Waals surface area (Å²) in [6.45, 7) is 0.112. The molecule has 2 aliphatic rings. The lowest BCUT2D eigenvalue weighted by Crippen LogP contribution is -2.31. The van der Waals surface area contributed by atoms with Crippen LogP contribution in [0, 0.1) is 16.6 Å². The van der Waals surface area contributed by atoms with Gasteiger partial charge in [0.05, 0.1) is 11.1 Å². The number of aliphatic hydroxyl groups is 1. The Hall–Kier alpha value is -3.28. The number of likely N-dealkylation sites (N-methyl/N-ethyl adjacent to an activating group) is 1. The summed E-state index contributed by atoms with van der Waals surface area (Å²) in [5.41, 5.74) is -1.37. The monoisotopic (exact) mass is 574 g/mol. The molecule has 2 aromatic carbocycles. The Morgan fingerprint density at radius 2 is 1.57 bits per heavy atom. The van der Waals surface area contributed by atoms with E-state index in [9.17, 15) is 45.5 Å². The molecule has 2 aromatic rings. The zero-order valence-corrected chi connectivity index (χ0v) is 21.6. The fourth-order valence-electron chi connectivity index (χ4n) is 5.15. The summed E-state index contributed by atoms with van der Waals surface area (Å²) in [6, 6.07) is 7.80. The number of halogens is 7. The third kappa shape index (κ3) is 8.61. The van der Waals surface area contributed by atoms with Gasteiger partial charge in [0.2, 0.25) is 0 Å². The Bertz CT molecular complexity index is 1180. The summed E-state index contributed by atoms with van der Waals surface area (Å²) >= 11 is 0. The summed E-state index contributed by atoms with van der Waals surface area (Å²) < 4.78 is 86.9. The molecule has 1 N–H and O–H groups in total. The van der Waals surface area contributed by atoms with E-state index in [-0.39, 0.29) is 24.1 Å². The second-order valence-electron chi connectivity index (χ2n) is 10.1. The average Bonchev–Trinajstić information content (AvgIpc) is 3.22. The van der Waals surface area contributed by atoms with Gasteiger partial charge in [-0.1, -0.05) is 23.7 Å². The molecule has 12 heteroatoms. The van der Waals surface area contributed by atoms with E-state index < -0.39 is 41.7 Å². The van der Waals surface area contributed by atoms with Crippen LogP contribution < -0.4 is 0 Å². The predicted molar refractivity (Wildman–Crippen MR) is 133 cm³/mol. The Morgan fingerprint density at radius 1 is 0.975 bits per heavy atom. The molecule has 4 rings (SSSR count). The molecule has 0 aromatic heterocycles. The van der Waals surface area contributed by atoms with Gasteiger partial charge in [-0.3, -0.25) is 4.79 Å². The Labute approximate surface area is 226 Å². The van der Waals surface area contributed by atoms with Crippen LogP contribution in [0.3, 0.4) is 0 Å². The number of aliphatic hydroxyl groups excluding tert-OH is 1. The maximum absolute atomic E-state index is 13.1. The molecule has 1 fully saturated rings. The molecule has 218 valence electrons. The smallest absolute Gasteiger partial charge is 0.386 e. The lowest BCUT2D eigenvalue weighted by Gasteiger charge is -2.34. The highest BCUT2D eigenvalue weighted by Gasteiger charge is 2.37. The highest BCUT2D eigenvalue weighted by molar-refractivity contribution is 5.93. The van der Waals surface area contributed by atoms with Crippen LogP contribution in [0.15, 0.2) is 59.4 Å². The number of hydrogen-bond acceptors (Lipinski definition) is 5. The van der Waals surface area contributed by atoms with E-state index in [0.29, 0.717) is 24.0 Å². The van der Waals surface area contributed by atoms with Crippen LogP contribution in [0.4, 0.5) is 30.7 Å². The SMILES string of the molecule is CN(CC1CCCC(c2ccc(F)cc2)C1)C1=CC(=O)CC1O.O=NCc1cc(C(F)(F)F)cc(C(F)(F)F)c1. The lowest BCUT2D eigenvalue weighted by molar-refractivity contribution is -0.143. The molecule has 2 aliphatic carbocycles. The second-order valence-corrected chi connectivity index (χ2v) is 10.1. The third-order valence-electron chi connectivity index (χ3n) is 7.04. The van der Waals surface area contributed by atoms with E-state index >= 15 is 0 Å². The number of carbonyl (C=O) groups is 1. The molecule has 1 saturated carbocycles. The van der Waals surface area contributed by atoms with Crippen molar-refractivity contribution in [3.8, 4) is 0 Å². The molecule has 0 spiro atoms. The zero-order chi connectivity index (χ0) is 29.7. The van der Waals surface area contributed by atoms with E-state index in [0.717, 1.165) is 25.1 Å². The van der Waals surface area contributed by atoms with Crippen LogP contribution in [0.5, 0.6) is 0 Å². The van der Waals surface area contributed by atoms with Gasteiger partial charge in [-0.2, -0.15) is 31.2 Å². The van der Waals surface area contributed by atoms with E-state index in [1.807, 2.05) is 24.1 Å². The first-order valence-electron chi connectivity index (χ1n) is 12.6. The van der Waals surface area contributed by atoms with Gasteiger partial charge in [0, 0.05) is 31.8 Å². The van der Waals surface area contributed by atoms with Crippen molar-refractivity contribution in [2.24, 2.45) is 11.1 Å². The highest BCUT2D eigenvalue weighted by atomic mass is 19.4. The largest absolute Gasteiger partial charge is 0.416 e. The number of hydrogen-bond donors (Lipinski definition) is 1. The number of ketones is 1. The minimum absolute atomic E-state index is 0.00565. The van der Waals surface area contributed by atoms with Crippen molar-refractivity contribution in [2.45, 2.75) is 63.0 Å². The first-order valence-corrected chi connectivity index (χ1v) is 12.6. The Morgan fingerprint density at radius 3 is 2.08 bits per heavy atom. The van der Waals surface area contributed by atoms with E-state index in [4.69, 9.17) is 0 Å². The van der Waals surface area contributed by atoms with Crippen LogP contribution in [0.2, 0.25) is 0 Å². The van der Waals surface area contributed by atoms with Gasteiger partial charge < -0.3 is 10.0 Å². The van der Waals surface area contributed by atoms with Gasteiger partial charge in [0.1, 0.15) is 18.5 Å². The first-order chi connectivity index (χ1) is 18.7. The molecule has 0 amide bonds. The summed E-state index contributed by atoms with van der Waals surface area (Å²) in [7, 11) is 1.95. The van der Waals surface area contributed by atoms with Crippen molar-refractivity contribution in [3.63, 3.8) is 0 Å². The van der Waals surface area contributed by atoms with E-state index in [2.05, 4.69) is 5.18 Å². The minimum Gasteiger partial charge on any atom is -0.386 e. The molecule has 5 nitrogen and oxygen atoms in total. The molecule has 0 heterocycles. The van der Waals surface area contributed by atoms with Gasteiger partial charge in [-0.15, -0.1) is 0 Å². The molecule has 0 aliphatic heterocycles. The number of allylic oxidation sites excluding steroid dienone is 1. The minimum atomic E-state index is -4.90. The number of nitrogens with zero attached hydrogens (tertiary/aromatic N) is 2. The molecule has 3 unspecified atom stereocenters. The third-order valence-corrected chi connectivity index (χ3v) is 7.04. The maximum atomic E-state index is 13.1. The average molecular weight is 575 g/mol. The molecular formula is C28H29F7N2O3. The van der Waals surface area contributed by atoms with Crippen LogP contribution in [0.25, 0.3) is 0 Å². The summed E-state index contributed by atoms with van der Waals surface area (Å²) in [6.07, 6.45) is -4.11. The number of alkyl halides is 6. The predicted octanol–water partition coefficient (Wildman–Crippen LogP) is 7.24. The molecular weight excluding hydrogens is 545 g/mol.